The zero-order valence-corrected chi connectivity index (χ0v) is 11.4. The number of carboxylic acids is 1. The molecule has 5 heteroatoms. The van der Waals surface area contributed by atoms with Crippen LogP contribution >= 0.6 is 0 Å². The van der Waals surface area contributed by atoms with E-state index in [1.165, 1.54) is 0 Å². The SMILES string of the molecule is CCNC1(C(=O)O)CCCC1CCOCCOC. The molecule has 1 saturated carbocycles. The fraction of sp³-hybridized carbons (Fsp3) is 0.923. The molecule has 1 aliphatic carbocycles. The van der Waals surface area contributed by atoms with Crippen LogP contribution in [0, 0.1) is 5.92 Å². The van der Waals surface area contributed by atoms with Gasteiger partial charge in [0.05, 0.1) is 13.2 Å². The Labute approximate surface area is 109 Å². The lowest BCUT2D eigenvalue weighted by molar-refractivity contribution is -0.146. The number of aliphatic carboxylic acids is 1. The summed E-state index contributed by atoms with van der Waals surface area (Å²) < 4.78 is 10.3. The maximum absolute atomic E-state index is 11.5. The zero-order chi connectivity index (χ0) is 13.4. The van der Waals surface area contributed by atoms with Crippen molar-refractivity contribution < 1.29 is 19.4 Å². The molecule has 0 aliphatic heterocycles. The van der Waals surface area contributed by atoms with Crippen LogP contribution in [-0.2, 0) is 14.3 Å². The second-order valence-corrected chi connectivity index (χ2v) is 4.79. The summed E-state index contributed by atoms with van der Waals surface area (Å²) in [5.74, 6) is -0.554. The maximum Gasteiger partial charge on any atom is 0.324 e. The van der Waals surface area contributed by atoms with Gasteiger partial charge >= 0.3 is 5.97 Å². The summed E-state index contributed by atoms with van der Waals surface area (Å²) in [7, 11) is 1.64. The van der Waals surface area contributed by atoms with Crippen molar-refractivity contribution in [3.8, 4) is 0 Å². The average molecular weight is 259 g/mol. The van der Waals surface area contributed by atoms with Crippen molar-refractivity contribution in [2.75, 3.05) is 33.5 Å². The molecule has 2 atom stereocenters. The Morgan fingerprint density at radius 1 is 1.44 bits per heavy atom. The van der Waals surface area contributed by atoms with E-state index in [9.17, 15) is 9.90 Å². The average Bonchev–Trinajstić information content (AvgIpc) is 2.74. The van der Waals surface area contributed by atoms with Gasteiger partial charge in [0.1, 0.15) is 5.54 Å². The first-order valence-electron chi connectivity index (χ1n) is 6.72. The molecule has 0 heterocycles. The van der Waals surface area contributed by atoms with E-state index in [1.54, 1.807) is 7.11 Å². The minimum atomic E-state index is -0.737. The molecule has 0 radical (unpaired) electrons. The lowest BCUT2D eigenvalue weighted by atomic mass is 9.84. The van der Waals surface area contributed by atoms with E-state index >= 15 is 0 Å². The number of hydrogen-bond acceptors (Lipinski definition) is 4. The minimum Gasteiger partial charge on any atom is -0.480 e. The summed E-state index contributed by atoms with van der Waals surface area (Å²) >= 11 is 0. The Balaban J connectivity index is 2.44. The standard InChI is InChI=1S/C13H25NO4/c1-3-14-13(12(15)16)7-4-5-11(13)6-8-18-10-9-17-2/h11,14H,3-10H2,1-2H3,(H,15,16). The summed E-state index contributed by atoms with van der Waals surface area (Å²) in [6, 6.07) is 0. The van der Waals surface area contributed by atoms with Gasteiger partial charge in [-0.15, -0.1) is 0 Å². The molecule has 0 aromatic rings. The molecule has 0 aromatic carbocycles. The smallest absolute Gasteiger partial charge is 0.324 e. The molecule has 18 heavy (non-hydrogen) atoms. The first-order chi connectivity index (χ1) is 8.67. The summed E-state index contributed by atoms with van der Waals surface area (Å²) in [5.41, 5.74) is -0.737. The van der Waals surface area contributed by atoms with Gasteiger partial charge in [-0.2, -0.15) is 0 Å². The summed E-state index contributed by atoms with van der Waals surface area (Å²) in [6.07, 6.45) is 3.46. The Morgan fingerprint density at radius 2 is 2.22 bits per heavy atom. The molecular formula is C13H25NO4. The van der Waals surface area contributed by atoms with Crippen LogP contribution in [0.25, 0.3) is 0 Å². The first-order valence-corrected chi connectivity index (χ1v) is 6.72. The van der Waals surface area contributed by atoms with Gasteiger partial charge in [0.15, 0.2) is 0 Å². The number of methoxy groups -OCH3 is 1. The maximum atomic E-state index is 11.5. The highest BCUT2D eigenvalue weighted by Crippen LogP contribution is 2.38. The fourth-order valence-corrected chi connectivity index (χ4v) is 2.84. The molecular weight excluding hydrogens is 234 g/mol. The molecule has 2 unspecified atom stereocenters. The van der Waals surface area contributed by atoms with Gasteiger partial charge in [-0.1, -0.05) is 13.3 Å². The molecule has 2 N–H and O–H groups in total. The number of nitrogens with one attached hydrogen (secondary N) is 1. The molecule has 0 aromatic heterocycles. The Kier molecular flexibility index (Phi) is 6.60. The van der Waals surface area contributed by atoms with Gasteiger partial charge < -0.3 is 19.9 Å². The van der Waals surface area contributed by atoms with Crippen molar-refractivity contribution in [2.45, 2.75) is 38.1 Å². The topological polar surface area (TPSA) is 67.8 Å². The number of ether oxygens (including phenoxy) is 2. The third-order valence-corrected chi connectivity index (χ3v) is 3.74. The normalized spacial score (nSPS) is 27.6. The predicted octanol–water partition coefficient (Wildman–Crippen LogP) is 1.27. The van der Waals surface area contributed by atoms with Crippen molar-refractivity contribution in [3.63, 3.8) is 0 Å². The van der Waals surface area contributed by atoms with Crippen LogP contribution in [0.15, 0.2) is 0 Å². The highest BCUT2D eigenvalue weighted by Gasteiger charge is 2.48. The fourth-order valence-electron chi connectivity index (χ4n) is 2.84. The molecule has 1 rings (SSSR count). The van der Waals surface area contributed by atoms with Crippen molar-refractivity contribution in [1.82, 2.24) is 5.32 Å². The Morgan fingerprint density at radius 3 is 2.83 bits per heavy atom. The van der Waals surface area contributed by atoms with E-state index in [-0.39, 0.29) is 5.92 Å². The monoisotopic (exact) mass is 259 g/mol. The van der Waals surface area contributed by atoms with Crippen LogP contribution in [0.4, 0.5) is 0 Å². The van der Waals surface area contributed by atoms with Gasteiger partial charge in [-0.05, 0) is 31.7 Å². The highest BCUT2D eigenvalue weighted by molar-refractivity contribution is 5.79. The summed E-state index contributed by atoms with van der Waals surface area (Å²) in [6.45, 7) is 4.41. The van der Waals surface area contributed by atoms with Gasteiger partial charge in [-0.3, -0.25) is 4.79 Å². The van der Waals surface area contributed by atoms with E-state index < -0.39 is 11.5 Å². The molecule has 0 saturated heterocycles. The molecule has 1 fully saturated rings. The number of hydrogen-bond donors (Lipinski definition) is 2. The van der Waals surface area contributed by atoms with Crippen LogP contribution in [0.3, 0.4) is 0 Å². The number of carboxylic acid groups (broad SMARTS) is 1. The van der Waals surface area contributed by atoms with Crippen molar-refractivity contribution in [1.29, 1.82) is 0 Å². The highest BCUT2D eigenvalue weighted by atomic mass is 16.5. The van der Waals surface area contributed by atoms with Gasteiger partial charge in [0.25, 0.3) is 0 Å². The molecule has 1 aliphatic rings. The third kappa shape index (κ3) is 3.67. The number of likely N-dealkylation sites (N-methyl/N-ethyl adjacent to an activating group) is 1. The van der Waals surface area contributed by atoms with Gasteiger partial charge in [0, 0.05) is 13.7 Å². The van der Waals surface area contributed by atoms with Crippen LogP contribution in [0.5, 0.6) is 0 Å². The third-order valence-electron chi connectivity index (χ3n) is 3.74. The second-order valence-electron chi connectivity index (χ2n) is 4.79. The van der Waals surface area contributed by atoms with E-state index in [2.05, 4.69) is 5.32 Å². The van der Waals surface area contributed by atoms with E-state index in [4.69, 9.17) is 9.47 Å². The lowest BCUT2D eigenvalue weighted by Crippen LogP contribution is -2.54. The number of rotatable bonds is 9. The molecule has 0 bridgehead atoms. The first kappa shape index (κ1) is 15.4. The molecule has 0 amide bonds. The van der Waals surface area contributed by atoms with E-state index in [1.807, 2.05) is 6.92 Å². The van der Waals surface area contributed by atoms with E-state index in [0.29, 0.717) is 26.4 Å². The largest absolute Gasteiger partial charge is 0.480 e. The minimum absolute atomic E-state index is 0.164. The lowest BCUT2D eigenvalue weighted by Gasteiger charge is -2.32. The van der Waals surface area contributed by atoms with E-state index in [0.717, 1.165) is 25.7 Å². The second kappa shape index (κ2) is 7.71. The molecule has 5 nitrogen and oxygen atoms in total. The van der Waals surface area contributed by atoms with Crippen LogP contribution in [0.1, 0.15) is 32.6 Å². The van der Waals surface area contributed by atoms with Crippen LogP contribution < -0.4 is 5.32 Å². The molecule has 0 spiro atoms. The predicted molar refractivity (Wildman–Crippen MR) is 68.7 cm³/mol. The summed E-state index contributed by atoms with van der Waals surface area (Å²) in [5, 5.41) is 12.7. The van der Waals surface area contributed by atoms with Crippen LogP contribution in [-0.4, -0.2) is 50.1 Å². The Hall–Kier alpha value is -0.650. The van der Waals surface area contributed by atoms with Gasteiger partial charge in [0.2, 0.25) is 0 Å². The van der Waals surface area contributed by atoms with Crippen molar-refractivity contribution >= 4 is 5.97 Å². The quantitative estimate of drug-likeness (QED) is 0.610. The van der Waals surface area contributed by atoms with Crippen LogP contribution in [0.2, 0.25) is 0 Å². The van der Waals surface area contributed by atoms with Gasteiger partial charge in [-0.25, -0.2) is 0 Å². The van der Waals surface area contributed by atoms with Crippen molar-refractivity contribution in [2.24, 2.45) is 5.92 Å². The zero-order valence-electron chi connectivity index (χ0n) is 11.4. The number of carbonyl (C=O) groups is 1. The molecule has 106 valence electrons. The Bertz CT molecular complexity index is 259. The summed E-state index contributed by atoms with van der Waals surface area (Å²) in [4.78, 5) is 11.5. The van der Waals surface area contributed by atoms with Crippen molar-refractivity contribution in [3.05, 3.63) is 0 Å².